The summed E-state index contributed by atoms with van der Waals surface area (Å²) in [6.07, 6.45) is 4.98. The number of hydrogen-bond donors (Lipinski definition) is 0. The van der Waals surface area contributed by atoms with E-state index in [0.29, 0.717) is 27.1 Å². The molecule has 0 radical (unpaired) electrons. The van der Waals surface area contributed by atoms with E-state index < -0.39 is 0 Å². The van der Waals surface area contributed by atoms with Gasteiger partial charge in [0.15, 0.2) is 0 Å². The minimum Gasteiger partial charge on any atom is -0.371 e. The van der Waals surface area contributed by atoms with Gasteiger partial charge in [-0.1, -0.05) is 178 Å². The van der Waals surface area contributed by atoms with Crippen molar-refractivity contribution in [1.29, 1.82) is 0 Å². The molecule has 244 valence electrons. The second-order valence-corrected chi connectivity index (χ2v) is 18.7. The van der Waals surface area contributed by atoms with Crippen LogP contribution in [0.15, 0.2) is 60.7 Å². The zero-order valence-corrected chi connectivity index (χ0v) is 31.7. The zero-order valence-electron chi connectivity index (χ0n) is 31.7. The summed E-state index contributed by atoms with van der Waals surface area (Å²) in [4.78, 5) is 0. The van der Waals surface area contributed by atoms with Gasteiger partial charge in [0.1, 0.15) is 0 Å². The number of hydrogen-bond acceptors (Lipinski definition) is 1. The molecule has 0 aliphatic heterocycles. The second kappa shape index (κ2) is 18.3. The van der Waals surface area contributed by atoms with E-state index in [-0.39, 0.29) is 5.60 Å². The maximum Gasteiger partial charge on any atom is 0.0875 e. The van der Waals surface area contributed by atoms with E-state index in [2.05, 4.69) is 179 Å². The van der Waals surface area contributed by atoms with E-state index in [9.17, 15) is 0 Å². The highest BCUT2D eigenvalue weighted by Crippen LogP contribution is 2.32. The van der Waals surface area contributed by atoms with Gasteiger partial charge in [-0.15, -0.1) is 0 Å². The molecule has 0 aromatic heterocycles. The lowest BCUT2D eigenvalue weighted by atomic mass is 9.78. The Morgan fingerprint density at radius 3 is 1.10 bits per heavy atom. The lowest BCUT2D eigenvalue weighted by Crippen LogP contribution is -2.23. The predicted molar refractivity (Wildman–Crippen MR) is 193 cm³/mol. The molecule has 0 bridgehead atoms. The molecular weight excluding hydrogens is 508 g/mol. The van der Waals surface area contributed by atoms with Gasteiger partial charge < -0.3 is 4.74 Å². The summed E-state index contributed by atoms with van der Waals surface area (Å²) >= 11 is 0. The predicted octanol–water partition coefficient (Wildman–Crippen LogP) is 13.7. The third-order valence-electron chi connectivity index (χ3n) is 6.07. The van der Waals surface area contributed by atoms with Gasteiger partial charge in [-0.05, 0) is 71.3 Å². The van der Waals surface area contributed by atoms with E-state index in [0.717, 1.165) is 13.0 Å². The topological polar surface area (TPSA) is 9.23 Å². The van der Waals surface area contributed by atoms with Crippen LogP contribution in [0.1, 0.15) is 161 Å². The molecule has 0 N–H and O–H groups in total. The Bertz CT molecular complexity index is 816. The van der Waals surface area contributed by atoms with Crippen molar-refractivity contribution in [3.63, 3.8) is 0 Å². The molecule has 0 saturated heterocycles. The summed E-state index contributed by atoms with van der Waals surface area (Å²) in [5.74, 6) is 0. The average Bonchev–Trinajstić information content (AvgIpc) is 2.76. The van der Waals surface area contributed by atoms with Gasteiger partial charge in [-0.25, -0.2) is 0 Å². The summed E-state index contributed by atoms with van der Waals surface area (Å²) in [5.41, 5.74) is 4.63. The molecule has 1 nitrogen and oxygen atoms in total. The van der Waals surface area contributed by atoms with Crippen molar-refractivity contribution < 1.29 is 4.74 Å². The SMILES string of the molecule is CC(C)(C)C.CC(C)(C)C.CC(C)(C)CCCC(C)(C)c1ccccc1.CC(C)(C)CCOC(C)(C)c1ccccc1. The first-order valence-electron chi connectivity index (χ1n) is 16.4. The third kappa shape index (κ3) is 29.9. The van der Waals surface area contributed by atoms with Crippen molar-refractivity contribution in [3.8, 4) is 0 Å². The molecule has 2 aromatic carbocycles. The zero-order chi connectivity index (χ0) is 33.5. The van der Waals surface area contributed by atoms with Crippen molar-refractivity contribution in [1.82, 2.24) is 0 Å². The maximum atomic E-state index is 5.99. The summed E-state index contributed by atoms with van der Waals surface area (Å²) in [6, 6.07) is 21.3. The van der Waals surface area contributed by atoms with Crippen LogP contribution >= 0.6 is 0 Å². The monoisotopic (exact) mass is 583 g/mol. The largest absolute Gasteiger partial charge is 0.371 e. The normalized spacial score (nSPS) is 12.6. The number of benzene rings is 2. The third-order valence-corrected chi connectivity index (χ3v) is 6.07. The minimum atomic E-state index is -0.188. The van der Waals surface area contributed by atoms with E-state index in [4.69, 9.17) is 4.74 Å². The summed E-state index contributed by atoms with van der Waals surface area (Å²) in [6.45, 7) is 41.0. The first-order chi connectivity index (χ1) is 18.6. The fourth-order valence-electron chi connectivity index (χ4n) is 3.63. The summed E-state index contributed by atoms with van der Waals surface area (Å²) in [5, 5.41) is 0. The lowest BCUT2D eigenvalue weighted by molar-refractivity contribution is -0.0317. The van der Waals surface area contributed by atoms with Gasteiger partial charge in [0.05, 0.1) is 5.60 Å². The number of ether oxygens (including phenoxy) is 1. The molecule has 0 aliphatic carbocycles. The molecule has 0 atom stereocenters. The molecule has 0 saturated carbocycles. The standard InChI is InChI=1S/C16H26.C15H24O.2C5H12/c1-15(2,3)12-9-13-16(4,5)14-10-7-6-8-11-14;1-14(2,3)11-12-16-15(4,5)13-9-7-6-8-10-13;2*1-5(2,3)4/h6-8,10-11H,9,12-13H2,1-5H3;6-10H,11-12H2,1-5H3;2*1-4H3. The Morgan fingerprint density at radius 1 is 0.429 bits per heavy atom. The number of rotatable bonds is 8. The highest BCUT2D eigenvalue weighted by Gasteiger charge is 2.22. The molecule has 2 rings (SSSR count). The Balaban J connectivity index is 0. The first kappa shape index (κ1) is 42.5. The molecule has 0 heterocycles. The molecule has 1 heteroatoms. The van der Waals surface area contributed by atoms with Crippen molar-refractivity contribution in [2.75, 3.05) is 6.61 Å². The molecule has 0 spiro atoms. The van der Waals surface area contributed by atoms with Crippen LogP contribution in [0, 0.1) is 21.7 Å². The van der Waals surface area contributed by atoms with Crippen LogP contribution in [-0.2, 0) is 15.8 Å². The molecule has 0 aliphatic rings. The van der Waals surface area contributed by atoms with Gasteiger partial charge in [0, 0.05) is 6.61 Å². The van der Waals surface area contributed by atoms with Crippen molar-refractivity contribution >= 4 is 0 Å². The van der Waals surface area contributed by atoms with Crippen LogP contribution in [-0.4, -0.2) is 6.61 Å². The molecule has 0 fully saturated rings. The van der Waals surface area contributed by atoms with Crippen molar-refractivity contribution in [2.24, 2.45) is 21.7 Å². The van der Waals surface area contributed by atoms with E-state index in [1.165, 1.54) is 30.4 Å². The molecule has 0 amide bonds. The highest BCUT2D eigenvalue weighted by atomic mass is 16.5. The molecule has 0 unspecified atom stereocenters. The van der Waals surface area contributed by atoms with Crippen molar-refractivity contribution in [3.05, 3.63) is 71.8 Å². The van der Waals surface area contributed by atoms with Gasteiger partial charge in [0.2, 0.25) is 0 Å². The van der Waals surface area contributed by atoms with Gasteiger partial charge in [-0.2, -0.15) is 0 Å². The summed E-state index contributed by atoms with van der Waals surface area (Å²) in [7, 11) is 0. The Morgan fingerprint density at radius 2 is 0.762 bits per heavy atom. The average molecular weight is 583 g/mol. The van der Waals surface area contributed by atoms with E-state index in [1.807, 2.05) is 6.07 Å². The summed E-state index contributed by atoms with van der Waals surface area (Å²) < 4.78 is 5.99. The lowest BCUT2D eigenvalue weighted by Gasteiger charge is -2.28. The smallest absolute Gasteiger partial charge is 0.0875 e. The molecule has 2 aromatic rings. The fourth-order valence-corrected chi connectivity index (χ4v) is 3.63. The molecule has 42 heavy (non-hydrogen) atoms. The van der Waals surface area contributed by atoms with E-state index >= 15 is 0 Å². The Labute approximate surface area is 265 Å². The maximum absolute atomic E-state index is 5.99. The van der Waals surface area contributed by atoms with Crippen LogP contribution in [0.3, 0.4) is 0 Å². The van der Waals surface area contributed by atoms with Crippen LogP contribution in [0.5, 0.6) is 0 Å². The second-order valence-electron chi connectivity index (χ2n) is 18.7. The van der Waals surface area contributed by atoms with E-state index in [1.54, 1.807) is 0 Å². The molecular formula is C41H74O. The van der Waals surface area contributed by atoms with Gasteiger partial charge in [-0.3, -0.25) is 0 Å². The first-order valence-corrected chi connectivity index (χ1v) is 16.4. The van der Waals surface area contributed by atoms with Crippen LogP contribution in [0.2, 0.25) is 0 Å². The highest BCUT2D eigenvalue weighted by molar-refractivity contribution is 5.23. The van der Waals surface area contributed by atoms with Crippen LogP contribution < -0.4 is 0 Å². The van der Waals surface area contributed by atoms with Crippen LogP contribution in [0.4, 0.5) is 0 Å². The van der Waals surface area contributed by atoms with Gasteiger partial charge in [0.25, 0.3) is 0 Å². The minimum absolute atomic E-state index is 0.188. The van der Waals surface area contributed by atoms with Crippen LogP contribution in [0.25, 0.3) is 0 Å². The van der Waals surface area contributed by atoms with Crippen molar-refractivity contribution in [2.45, 2.75) is 161 Å². The quantitative estimate of drug-likeness (QED) is 0.301. The Hall–Kier alpha value is -1.60. The Kier molecular flexibility index (Phi) is 18.5. The fraction of sp³-hybridized carbons (Fsp3) is 0.707. The van der Waals surface area contributed by atoms with Gasteiger partial charge >= 0.3 is 0 Å².